The Morgan fingerprint density at radius 2 is 1.89 bits per heavy atom. The number of carbonyl (C=O) groups is 1. The summed E-state index contributed by atoms with van der Waals surface area (Å²) >= 11 is 6.66. The van der Waals surface area contributed by atoms with E-state index in [9.17, 15) is 4.79 Å². The number of nitrogens with zero attached hydrogens (tertiary/aromatic N) is 1. The van der Waals surface area contributed by atoms with Gasteiger partial charge in [-0.05, 0) is 61.5 Å². The number of amides is 1. The van der Waals surface area contributed by atoms with Crippen molar-refractivity contribution >= 4 is 51.6 Å². The molecule has 0 radical (unpaired) electrons. The maximum atomic E-state index is 12.1. The highest BCUT2D eigenvalue weighted by molar-refractivity contribution is 8.00. The summed E-state index contributed by atoms with van der Waals surface area (Å²) in [5.41, 5.74) is 9.51. The number of benzene rings is 2. The Hall–Kier alpha value is -2.64. The zero-order valence-electron chi connectivity index (χ0n) is 15.1. The van der Waals surface area contributed by atoms with Gasteiger partial charge in [-0.15, -0.1) is 11.8 Å². The third-order valence-corrected chi connectivity index (χ3v) is 5.29. The molecule has 7 heteroatoms. The molecule has 3 N–H and O–H groups in total. The number of thioether (sulfide) groups is 1. The average molecular weight is 397 g/mol. The van der Waals surface area contributed by atoms with Gasteiger partial charge in [0.2, 0.25) is 5.91 Å². The van der Waals surface area contributed by atoms with E-state index in [1.54, 1.807) is 6.20 Å². The van der Waals surface area contributed by atoms with Gasteiger partial charge in [0, 0.05) is 22.2 Å². The number of para-hydroxylation sites is 1. The average Bonchev–Trinajstić information content (AvgIpc) is 2.67. The molecule has 1 amide bonds. The third-order valence-electron chi connectivity index (χ3n) is 4.03. The highest BCUT2D eigenvalue weighted by atomic mass is 32.2. The SMILES string of the molecule is Cc1ccc(NC(=S)NNC(=O)CSc2cccc3cccnc23)cc1C. The minimum absolute atomic E-state index is 0.169. The molecule has 2 aromatic carbocycles. The lowest BCUT2D eigenvalue weighted by molar-refractivity contribution is -0.119. The van der Waals surface area contributed by atoms with Gasteiger partial charge in [-0.3, -0.25) is 20.6 Å². The van der Waals surface area contributed by atoms with E-state index >= 15 is 0 Å². The van der Waals surface area contributed by atoms with E-state index in [-0.39, 0.29) is 11.7 Å². The number of fused-ring (bicyclic) bond motifs is 1. The molecule has 0 saturated heterocycles. The van der Waals surface area contributed by atoms with E-state index < -0.39 is 0 Å². The Morgan fingerprint density at radius 1 is 1.07 bits per heavy atom. The maximum absolute atomic E-state index is 12.1. The third kappa shape index (κ3) is 5.18. The smallest absolute Gasteiger partial charge is 0.248 e. The van der Waals surface area contributed by atoms with Crippen molar-refractivity contribution in [3.63, 3.8) is 0 Å². The van der Waals surface area contributed by atoms with Crippen LogP contribution in [0.1, 0.15) is 11.1 Å². The Labute approximate surface area is 167 Å². The van der Waals surface area contributed by atoms with E-state index in [4.69, 9.17) is 12.2 Å². The maximum Gasteiger partial charge on any atom is 0.248 e. The van der Waals surface area contributed by atoms with Crippen molar-refractivity contribution < 1.29 is 4.79 Å². The number of aryl methyl sites for hydroxylation is 2. The molecule has 1 heterocycles. The van der Waals surface area contributed by atoms with Gasteiger partial charge in [-0.25, -0.2) is 0 Å². The van der Waals surface area contributed by atoms with Gasteiger partial charge in [-0.2, -0.15) is 0 Å². The van der Waals surface area contributed by atoms with Crippen LogP contribution >= 0.6 is 24.0 Å². The second-order valence-corrected chi connectivity index (χ2v) is 7.47. The number of rotatable bonds is 4. The topological polar surface area (TPSA) is 66.0 Å². The first-order chi connectivity index (χ1) is 13.0. The van der Waals surface area contributed by atoms with Crippen molar-refractivity contribution in [1.29, 1.82) is 0 Å². The molecule has 0 spiro atoms. The molecule has 1 aromatic heterocycles. The first-order valence-corrected chi connectivity index (χ1v) is 9.82. The number of thiocarbonyl (C=S) groups is 1. The standard InChI is InChI=1S/C20H20N4OS2/c1-13-8-9-16(11-14(13)2)22-20(26)24-23-18(25)12-27-17-7-3-5-15-6-4-10-21-19(15)17/h3-11H,12H2,1-2H3,(H,23,25)(H2,22,24,26). The van der Waals surface area contributed by atoms with E-state index in [0.717, 1.165) is 21.5 Å². The Bertz CT molecular complexity index is 985. The molecular formula is C20H20N4OS2. The summed E-state index contributed by atoms with van der Waals surface area (Å²) in [5, 5.41) is 4.44. The summed E-state index contributed by atoms with van der Waals surface area (Å²) in [6, 6.07) is 15.8. The molecule has 0 aliphatic heterocycles. The van der Waals surface area contributed by atoms with Crippen LogP contribution in [0.3, 0.4) is 0 Å². The van der Waals surface area contributed by atoms with Gasteiger partial charge < -0.3 is 5.32 Å². The van der Waals surface area contributed by atoms with Crippen molar-refractivity contribution in [1.82, 2.24) is 15.8 Å². The number of hydrogen-bond donors (Lipinski definition) is 3. The summed E-state index contributed by atoms with van der Waals surface area (Å²) < 4.78 is 0. The summed E-state index contributed by atoms with van der Waals surface area (Å²) in [4.78, 5) is 17.5. The summed E-state index contributed by atoms with van der Waals surface area (Å²) in [7, 11) is 0. The molecule has 0 aliphatic carbocycles. The minimum atomic E-state index is -0.169. The van der Waals surface area contributed by atoms with Crippen molar-refractivity contribution in [2.45, 2.75) is 18.7 Å². The van der Waals surface area contributed by atoms with Crippen LogP contribution in [0.4, 0.5) is 5.69 Å². The van der Waals surface area contributed by atoms with Crippen LogP contribution < -0.4 is 16.2 Å². The van der Waals surface area contributed by atoms with Gasteiger partial charge in [0.25, 0.3) is 0 Å². The molecule has 0 atom stereocenters. The van der Waals surface area contributed by atoms with Crippen molar-refractivity contribution in [3.05, 3.63) is 65.9 Å². The Kier molecular flexibility index (Phi) is 6.26. The van der Waals surface area contributed by atoms with Crippen LogP contribution in [0.5, 0.6) is 0 Å². The number of anilines is 1. The van der Waals surface area contributed by atoms with Gasteiger partial charge >= 0.3 is 0 Å². The van der Waals surface area contributed by atoms with Crippen molar-refractivity contribution in [2.75, 3.05) is 11.1 Å². The van der Waals surface area contributed by atoms with Gasteiger partial charge in [-0.1, -0.05) is 24.3 Å². The quantitative estimate of drug-likeness (QED) is 0.352. The monoisotopic (exact) mass is 396 g/mol. The van der Waals surface area contributed by atoms with Gasteiger partial charge in [0.15, 0.2) is 5.11 Å². The van der Waals surface area contributed by atoms with Crippen LogP contribution in [-0.2, 0) is 4.79 Å². The summed E-state index contributed by atoms with van der Waals surface area (Å²) in [6.07, 6.45) is 1.75. The van der Waals surface area contributed by atoms with Crippen LogP contribution in [0, 0.1) is 13.8 Å². The van der Waals surface area contributed by atoms with Crippen LogP contribution in [-0.4, -0.2) is 21.8 Å². The highest BCUT2D eigenvalue weighted by Gasteiger charge is 2.07. The molecule has 0 fully saturated rings. The molecule has 0 aliphatic rings. The molecular weight excluding hydrogens is 376 g/mol. The number of carbonyl (C=O) groups excluding carboxylic acids is 1. The van der Waals surface area contributed by atoms with Crippen molar-refractivity contribution in [3.8, 4) is 0 Å². The fourth-order valence-corrected chi connectivity index (χ4v) is 3.49. The van der Waals surface area contributed by atoms with Gasteiger partial charge in [0.05, 0.1) is 11.3 Å². The first-order valence-electron chi connectivity index (χ1n) is 8.42. The number of nitrogens with one attached hydrogen (secondary N) is 3. The number of hydrazine groups is 1. The second kappa shape index (κ2) is 8.83. The number of pyridine rings is 1. The van der Waals surface area contributed by atoms with E-state index in [0.29, 0.717) is 5.11 Å². The predicted molar refractivity (Wildman–Crippen MR) is 116 cm³/mol. The zero-order chi connectivity index (χ0) is 19.2. The molecule has 5 nitrogen and oxygen atoms in total. The predicted octanol–water partition coefficient (Wildman–Crippen LogP) is 3.96. The van der Waals surface area contributed by atoms with Crippen molar-refractivity contribution in [2.24, 2.45) is 0 Å². The van der Waals surface area contributed by atoms with Crippen LogP contribution in [0.25, 0.3) is 10.9 Å². The van der Waals surface area contributed by atoms with Crippen LogP contribution in [0.15, 0.2) is 59.6 Å². The van der Waals surface area contributed by atoms with E-state index in [2.05, 4.69) is 28.1 Å². The first kappa shape index (κ1) is 19.1. The normalized spacial score (nSPS) is 10.4. The van der Waals surface area contributed by atoms with E-state index in [1.165, 1.54) is 22.9 Å². The Balaban J connectivity index is 1.49. The fourth-order valence-electron chi connectivity index (χ4n) is 2.48. The summed E-state index contributed by atoms with van der Waals surface area (Å²) in [5.74, 6) is 0.0896. The van der Waals surface area contributed by atoms with Crippen LogP contribution in [0.2, 0.25) is 0 Å². The lowest BCUT2D eigenvalue weighted by atomic mass is 10.1. The molecule has 3 rings (SSSR count). The fraction of sp³-hybridized carbons (Fsp3) is 0.150. The molecule has 138 valence electrons. The van der Waals surface area contributed by atoms with Gasteiger partial charge in [0.1, 0.15) is 0 Å². The van der Waals surface area contributed by atoms with E-state index in [1.807, 2.05) is 55.5 Å². The molecule has 3 aromatic rings. The zero-order valence-corrected chi connectivity index (χ0v) is 16.7. The number of hydrogen-bond acceptors (Lipinski definition) is 4. The molecule has 27 heavy (non-hydrogen) atoms. The molecule has 0 bridgehead atoms. The largest absolute Gasteiger partial charge is 0.331 e. The minimum Gasteiger partial charge on any atom is -0.331 e. The highest BCUT2D eigenvalue weighted by Crippen LogP contribution is 2.25. The lowest BCUT2D eigenvalue weighted by Gasteiger charge is -2.12. The molecule has 0 unspecified atom stereocenters. The molecule has 0 saturated carbocycles. The lowest BCUT2D eigenvalue weighted by Crippen LogP contribution is -2.44. The number of aromatic nitrogens is 1. The second-order valence-electron chi connectivity index (χ2n) is 6.05. The summed E-state index contributed by atoms with van der Waals surface area (Å²) in [6.45, 7) is 4.09. The Morgan fingerprint density at radius 3 is 2.70 bits per heavy atom.